The summed E-state index contributed by atoms with van der Waals surface area (Å²) < 4.78 is 5.90. The van der Waals surface area contributed by atoms with Crippen LogP contribution >= 0.6 is 11.3 Å². The highest BCUT2D eigenvalue weighted by Crippen LogP contribution is 2.41. The lowest BCUT2D eigenvalue weighted by Gasteiger charge is -2.12. The molecule has 1 aromatic heterocycles. The second-order valence-corrected chi connectivity index (χ2v) is 5.88. The molecule has 0 amide bonds. The van der Waals surface area contributed by atoms with Crippen LogP contribution in [0.15, 0.2) is 12.1 Å². The molecule has 1 aliphatic heterocycles. The Bertz CT molecular complexity index is 682. The van der Waals surface area contributed by atoms with E-state index in [1.165, 1.54) is 10.4 Å². The highest BCUT2D eigenvalue weighted by molar-refractivity contribution is 7.12. The topological polar surface area (TPSA) is 45.9 Å². The number of benzene rings is 1. The predicted octanol–water partition coefficient (Wildman–Crippen LogP) is 3.43. The summed E-state index contributed by atoms with van der Waals surface area (Å²) in [6.07, 6.45) is 1.25. The van der Waals surface area contributed by atoms with Gasteiger partial charge >= 0.3 is 0 Å². The average molecular weight is 270 g/mol. The highest BCUT2D eigenvalue weighted by Gasteiger charge is 2.23. The van der Waals surface area contributed by atoms with E-state index >= 15 is 0 Å². The molecule has 2 aromatic rings. The van der Waals surface area contributed by atoms with Crippen LogP contribution in [0.5, 0.6) is 5.75 Å². The molecule has 4 heteroatoms. The standard InChI is InChI=1S/C15H14N2OS/c1-9-3-4-10(2)15-13(9)14-11(6-8-18-15)19-12(17-14)5-7-16/h3-4H,5-6,8H2,1-2H3. The maximum atomic E-state index is 8.82. The summed E-state index contributed by atoms with van der Waals surface area (Å²) in [7, 11) is 0. The van der Waals surface area contributed by atoms with E-state index in [4.69, 9.17) is 10.00 Å². The Labute approximate surface area is 116 Å². The van der Waals surface area contributed by atoms with Crippen LogP contribution in [0.25, 0.3) is 11.3 Å². The number of fused-ring (bicyclic) bond motifs is 3. The minimum Gasteiger partial charge on any atom is -0.492 e. The lowest BCUT2D eigenvalue weighted by molar-refractivity contribution is 0.325. The molecule has 19 heavy (non-hydrogen) atoms. The Hall–Kier alpha value is -1.86. The maximum Gasteiger partial charge on any atom is 0.131 e. The Balaban J connectivity index is 2.24. The first-order valence-electron chi connectivity index (χ1n) is 6.29. The second kappa shape index (κ2) is 4.67. The van der Waals surface area contributed by atoms with Gasteiger partial charge in [-0.2, -0.15) is 5.26 Å². The smallest absolute Gasteiger partial charge is 0.131 e. The minimum atomic E-state index is 0.388. The van der Waals surface area contributed by atoms with Gasteiger partial charge < -0.3 is 4.74 Å². The molecule has 3 nitrogen and oxygen atoms in total. The number of hydrogen-bond donors (Lipinski definition) is 0. The van der Waals surface area contributed by atoms with Crippen molar-refractivity contribution in [1.82, 2.24) is 4.98 Å². The van der Waals surface area contributed by atoms with Crippen LogP contribution in [0, 0.1) is 25.2 Å². The fraction of sp³-hybridized carbons (Fsp3) is 0.333. The molecule has 0 unspecified atom stereocenters. The molecule has 96 valence electrons. The van der Waals surface area contributed by atoms with Crippen molar-refractivity contribution in [2.45, 2.75) is 26.7 Å². The second-order valence-electron chi connectivity index (χ2n) is 4.72. The van der Waals surface area contributed by atoms with Crippen molar-refractivity contribution >= 4 is 11.3 Å². The Morgan fingerprint density at radius 3 is 2.95 bits per heavy atom. The van der Waals surface area contributed by atoms with Gasteiger partial charge in [-0.05, 0) is 25.0 Å². The van der Waals surface area contributed by atoms with E-state index in [1.54, 1.807) is 11.3 Å². The summed E-state index contributed by atoms with van der Waals surface area (Å²) in [5.74, 6) is 0.951. The van der Waals surface area contributed by atoms with Crippen LogP contribution < -0.4 is 4.74 Å². The van der Waals surface area contributed by atoms with E-state index in [0.29, 0.717) is 13.0 Å². The number of rotatable bonds is 1. The minimum absolute atomic E-state index is 0.388. The molecule has 0 atom stereocenters. The van der Waals surface area contributed by atoms with Crippen molar-refractivity contribution in [3.63, 3.8) is 0 Å². The molecule has 2 heterocycles. The van der Waals surface area contributed by atoms with Gasteiger partial charge in [0.2, 0.25) is 0 Å². The summed E-state index contributed by atoms with van der Waals surface area (Å²) in [5, 5.41) is 9.73. The highest BCUT2D eigenvalue weighted by atomic mass is 32.1. The molecule has 0 spiro atoms. The predicted molar refractivity (Wildman–Crippen MR) is 75.5 cm³/mol. The fourth-order valence-electron chi connectivity index (χ4n) is 2.42. The van der Waals surface area contributed by atoms with Gasteiger partial charge in [0.1, 0.15) is 10.8 Å². The lowest BCUT2D eigenvalue weighted by atomic mass is 10.0. The van der Waals surface area contributed by atoms with Gasteiger partial charge in [0.15, 0.2) is 0 Å². The molecule has 1 aromatic carbocycles. The summed E-state index contributed by atoms with van der Waals surface area (Å²) in [6, 6.07) is 6.37. The van der Waals surface area contributed by atoms with Crippen LogP contribution in [0.2, 0.25) is 0 Å². The average Bonchev–Trinajstić information content (AvgIpc) is 2.68. The molecular weight excluding hydrogens is 256 g/mol. The first-order chi connectivity index (χ1) is 9.20. The van der Waals surface area contributed by atoms with Crippen LogP contribution in [-0.2, 0) is 12.8 Å². The SMILES string of the molecule is Cc1ccc(C)c2c1OCCc1sc(CC#N)nc1-2. The summed E-state index contributed by atoms with van der Waals surface area (Å²) in [6.45, 7) is 4.82. The maximum absolute atomic E-state index is 8.82. The zero-order valence-electron chi connectivity index (χ0n) is 11.0. The Morgan fingerprint density at radius 1 is 1.37 bits per heavy atom. The van der Waals surface area contributed by atoms with E-state index in [2.05, 4.69) is 37.0 Å². The normalized spacial score (nSPS) is 12.9. The Kier molecular flexibility index (Phi) is 3.00. The monoisotopic (exact) mass is 270 g/mol. The number of nitriles is 1. The van der Waals surface area contributed by atoms with Crippen LogP contribution in [0.3, 0.4) is 0 Å². The molecule has 0 radical (unpaired) electrons. The van der Waals surface area contributed by atoms with Crippen molar-refractivity contribution in [2.24, 2.45) is 0 Å². The number of ether oxygens (including phenoxy) is 1. The number of hydrogen-bond acceptors (Lipinski definition) is 4. The van der Waals surface area contributed by atoms with Crippen LogP contribution in [-0.4, -0.2) is 11.6 Å². The van der Waals surface area contributed by atoms with Crippen LogP contribution in [0.4, 0.5) is 0 Å². The first-order valence-corrected chi connectivity index (χ1v) is 7.11. The van der Waals surface area contributed by atoms with E-state index in [1.807, 2.05) is 0 Å². The van der Waals surface area contributed by atoms with Gasteiger partial charge in [-0.15, -0.1) is 11.3 Å². The van der Waals surface area contributed by atoms with E-state index in [0.717, 1.165) is 34.0 Å². The molecule has 0 saturated heterocycles. The molecular formula is C15H14N2OS. The van der Waals surface area contributed by atoms with Crippen LogP contribution in [0.1, 0.15) is 21.0 Å². The van der Waals surface area contributed by atoms with Crippen molar-refractivity contribution in [3.8, 4) is 23.1 Å². The van der Waals surface area contributed by atoms with Crippen molar-refractivity contribution in [2.75, 3.05) is 6.61 Å². The van der Waals surface area contributed by atoms with Crippen molar-refractivity contribution < 1.29 is 4.74 Å². The number of aryl methyl sites for hydroxylation is 2. The zero-order valence-corrected chi connectivity index (χ0v) is 11.8. The quantitative estimate of drug-likeness (QED) is 0.797. The molecule has 1 aliphatic rings. The zero-order chi connectivity index (χ0) is 13.4. The molecule has 0 fully saturated rings. The van der Waals surface area contributed by atoms with Gasteiger partial charge in [0, 0.05) is 16.9 Å². The van der Waals surface area contributed by atoms with Gasteiger partial charge in [-0.25, -0.2) is 4.98 Å². The number of aromatic nitrogens is 1. The van der Waals surface area contributed by atoms with E-state index < -0.39 is 0 Å². The largest absolute Gasteiger partial charge is 0.492 e. The molecule has 0 N–H and O–H groups in total. The molecule has 3 rings (SSSR count). The van der Waals surface area contributed by atoms with Gasteiger partial charge in [0.25, 0.3) is 0 Å². The third kappa shape index (κ3) is 2.00. The lowest BCUT2D eigenvalue weighted by Crippen LogP contribution is -1.99. The summed E-state index contributed by atoms with van der Waals surface area (Å²) in [4.78, 5) is 5.89. The summed E-state index contributed by atoms with van der Waals surface area (Å²) in [5.41, 5.74) is 4.44. The third-order valence-electron chi connectivity index (χ3n) is 3.35. The van der Waals surface area contributed by atoms with E-state index in [9.17, 15) is 0 Å². The van der Waals surface area contributed by atoms with E-state index in [-0.39, 0.29) is 0 Å². The first kappa shape index (κ1) is 12.2. The number of thiazole rings is 1. The van der Waals surface area contributed by atoms with Gasteiger partial charge in [-0.1, -0.05) is 12.1 Å². The molecule has 0 bridgehead atoms. The molecule has 0 saturated carbocycles. The summed E-state index contributed by atoms with van der Waals surface area (Å²) >= 11 is 1.64. The Morgan fingerprint density at radius 2 is 2.16 bits per heavy atom. The fourth-order valence-corrected chi connectivity index (χ4v) is 3.41. The van der Waals surface area contributed by atoms with Crippen molar-refractivity contribution in [1.29, 1.82) is 5.26 Å². The van der Waals surface area contributed by atoms with Crippen molar-refractivity contribution in [3.05, 3.63) is 33.1 Å². The molecule has 0 aliphatic carbocycles. The van der Waals surface area contributed by atoms with Gasteiger partial charge in [0.05, 0.1) is 24.8 Å². The van der Waals surface area contributed by atoms with Gasteiger partial charge in [-0.3, -0.25) is 0 Å². The number of nitrogens with zero attached hydrogens (tertiary/aromatic N) is 2. The third-order valence-corrected chi connectivity index (χ3v) is 4.46.